The topological polar surface area (TPSA) is 55.1 Å². The van der Waals surface area contributed by atoms with Crippen LogP contribution < -0.4 is 11.1 Å². The molecular formula is C13H17F3N2O. The van der Waals surface area contributed by atoms with Gasteiger partial charge in [0.25, 0.3) is 0 Å². The maximum absolute atomic E-state index is 12.9. The van der Waals surface area contributed by atoms with E-state index in [2.05, 4.69) is 5.32 Å². The summed E-state index contributed by atoms with van der Waals surface area (Å²) in [5.74, 6) is -0.371. The first-order valence-electron chi connectivity index (χ1n) is 5.86. The number of alkyl halides is 3. The molecule has 3 nitrogen and oxygen atoms in total. The molecule has 0 aliphatic rings. The van der Waals surface area contributed by atoms with Crippen LogP contribution in [0.25, 0.3) is 0 Å². The standard InChI is InChI=1S/C13H17F3N2O/c1-12(2,18-11(19)7-8-17)9-5-3-4-6-10(9)13(14,15)16/h3-6H,7-8,17H2,1-2H3,(H,18,19). The molecule has 0 spiro atoms. The van der Waals surface area contributed by atoms with Crippen molar-refractivity contribution in [3.05, 3.63) is 35.4 Å². The van der Waals surface area contributed by atoms with Gasteiger partial charge in [0.15, 0.2) is 0 Å². The summed E-state index contributed by atoms with van der Waals surface area (Å²) in [6.45, 7) is 3.22. The number of nitrogens with one attached hydrogen (secondary N) is 1. The van der Waals surface area contributed by atoms with Gasteiger partial charge in [0.05, 0.1) is 11.1 Å². The van der Waals surface area contributed by atoms with Crippen molar-refractivity contribution in [2.24, 2.45) is 5.73 Å². The SMILES string of the molecule is CC(C)(NC(=O)CCN)c1ccccc1C(F)(F)F. The van der Waals surface area contributed by atoms with E-state index < -0.39 is 17.3 Å². The van der Waals surface area contributed by atoms with Gasteiger partial charge in [0.2, 0.25) is 5.91 Å². The molecule has 1 rings (SSSR count). The van der Waals surface area contributed by atoms with Crippen molar-refractivity contribution < 1.29 is 18.0 Å². The van der Waals surface area contributed by atoms with Gasteiger partial charge in [0.1, 0.15) is 0 Å². The Morgan fingerprint density at radius 3 is 2.21 bits per heavy atom. The summed E-state index contributed by atoms with van der Waals surface area (Å²) in [5.41, 5.74) is 3.43. The quantitative estimate of drug-likeness (QED) is 0.885. The molecule has 1 aromatic carbocycles. The minimum absolute atomic E-state index is 0.0351. The molecule has 0 fully saturated rings. The number of carbonyl (C=O) groups excluding carboxylic acids is 1. The molecule has 0 radical (unpaired) electrons. The minimum atomic E-state index is -4.45. The van der Waals surface area contributed by atoms with E-state index in [4.69, 9.17) is 5.73 Å². The number of hydrogen-bond acceptors (Lipinski definition) is 2. The van der Waals surface area contributed by atoms with Crippen LogP contribution in [0.3, 0.4) is 0 Å². The van der Waals surface area contributed by atoms with E-state index in [1.54, 1.807) is 0 Å². The number of rotatable bonds is 4. The third-order valence-electron chi connectivity index (χ3n) is 2.73. The molecule has 106 valence electrons. The molecule has 0 unspecified atom stereocenters. The minimum Gasteiger partial charge on any atom is -0.347 e. The van der Waals surface area contributed by atoms with Crippen molar-refractivity contribution in [2.75, 3.05) is 6.54 Å². The lowest BCUT2D eigenvalue weighted by Gasteiger charge is -2.29. The van der Waals surface area contributed by atoms with Crippen molar-refractivity contribution in [3.8, 4) is 0 Å². The monoisotopic (exact) mass is 274 g/mol. The Bertz CT molecular complexity index is 455. The second-order valence-corrected chi connectivity index (χ2v) is 4.76. The number of amides is 1. The Labute approximate surface area is 110 Å². The summed E-state index contributed by atoms with van der Waals surface area (Å²) in [5, 5.41) is 2.57. The van der Waals surface area contributed by atoms with Gasteiger partial charge in [0, 0.05) is 13.0 Å². The van der Waals surface area contributed by atoms with Crippen LogP contribution in [0.5, 0.6) is 0 Å². The molecule has 0 saturated carbocycles. The van der Waals surface area contributed by atoms with Gasteiger partial charge in [-0.25, -0.2) is 0 Å². The summed E-state index contributed by atoms with van der Waals surface area (Å²) >= 11 is 0. The molecule has 6 heteroatoms. The smallest absolute Gasteiger partial charge is 0.347 e. The maximum Gasteiger partial charge on any atom is 0.416 e. The maximum atomic E-state index is 12.9. The largest absolute Gasteiger partial charge is 0.416 e. The van der Waals surface area contributed by atoms with Crippen LogP contribution in [0.1, 0.15) is 31.4 Å². The second kappa shape index (κ2) is 5.61. The van der Waals surface area contributed by atoms with Gasteiger partial charge < -0.3 is 11.1 Å². The fourth-order valence-corrected chi connectivity index (χ4v) is 1.88. The lowest BCUT2D eigenvalue weighted by Crippen LogP contribution is -2.42. The highest BCUT2D eigenvalue weighted by Gasteiger charge is 2.37. The van der Waals surface area contributed by atoms with E-state index in [-0.39, 0.29) is 24.4 Å². The molecular weight excluding hydrogens is 257 g/mol. The summed E-state index contributed by atoms with van der Waals surface area (Å²) in [6.07, 6.45) is -4.37. The highest BCUT2D eigenvalue weighted by molar-refractivity contribution is 5.77. The van der Waals surface area contributed by atoms with Crippen LogP contribution in [0.2, 0.25) is 0 Å². The number of carbonyl (C=O) groups is 1. The molecule has 0 bridgehead atoms. The van der Waals surface area contributed by atoms with Crippen molar-refractivity contribution in [2.45, 2.75) is 32.0 Å². The fraction of sp³-hybridized carbons (Fsp3) is 0.462. The Morgan fingerprint density at radius 1 is 1.21 bits per heavy atom. The summed E-state index contributed by atoms with van der Waals surface area (Å²) in [6, 6.07) is 5.21. The molecule has 1 aromatic rings. The van der Waals surface area contributed by atoms with Crippen LogP contribution >= 0.6 is 0 Å². The van der Waals surface area contributed by atoms with Crippen LogP contribution in [0.4, 0.5) is 13.2 Å². The Morgan fingerprint density at radius 2 is 1.74 bits per heavy atom. The third kappa shape index (κ3) is 3.96. The van der Waals surface area contributed by atoms with Gasteiger partial charge in [-0.1, -0.05) is 18.2 Å². The van der Waals surface area contributed by atoms with Gasteiger partial charge in [-0.15, -0.1) is 0 Å². The predicted molar refractivity (Wildman–Crippen MR) is 66.3 cm³/mol. The van der Waals surface area contributed by atoms with E-state index in [0.29, 0.717) is 0 Å². The highest BCUT2D eigenvalue weighted by Crippen LogP contribution is 2.36. The zero-order chi connectivity index (χ0) is 14.7. The van der Waals surface area contributed by atoms with E-state index in [1.165, 1.54) is 32.0 Å². The number of nitrogens with two attached hydrogens (primary N) is 1. The van der Waals surface area contributed by atoms with E-state index in [0.717, 1.165) is 6.07 Å². The molecule has 0 aromatic heterocycles. The normalized spacial score (nSPS) is 12.3. The molecule has 0 heterocycles. The molecule has 0 saturated heterocycles. The third-order valence-corrected chi connectivity index (χ3v) is 2.73. The molecule has 19 heavy (non-hydrogen) atoms. The first-order chi connectivity index (χ1) is 8.68. The first kappa shape index (κ1) is 15.5. The number of halogens is 3. The Balaban J connectivity index is 3.11. The summed E-state index contributed by atoms with van der Waals surface area (Å²) < 4.78 is 38.8. The lowest BCUT2D eigenvalue weighted by molar-refractivity contribution is -0.139. The van der Waals surface area contributed by atoms with Crippen molar-refractivity contribution in [3.63, 3.8) is 0 Å². The van der Waals surface area contributed by atoms with E-state index in [9.17, 15) is 18.0 Å². The van der Waals surface area contributed by atoms with Gasteiger partial charge >= 0.3 is 6.18 Å². The average Bonchev–Trinajstić information content (AvgIpc) is 2.27. The molecule has 0 aliphatic carbocycles. The van der Waals surface area contributed by atoms with Crippen LogP contribution in [-0.4, -0.2) is 12.5 Å². The summed E-state index contributed by atoms with van der Waals surface area (Å²) in [4.78, 5) is 11.5. The van der Waals surface area contributed by atoms with Crippen LogP contribution in [0.15, 0.2) is 24.3 Å². The van der Waals surface area contributed by atoms with E-state index in [1.807, 2.05) is 0 Å². The van der Waals surface area contributed by atoms with Gasteiger partial charge in [-0.3, -0.25) is 4.79 Å². The Hall–Kier alpha value is -1.56. The van der Waals surface area contributed by atoms with Crippen molar-refractivity contribution in [1.29, 1.82) is 0 Å². The number of hydrogen-bond donors (Lipinski definition) is 2. The van der Waals surface area contributed by atoms with Gasteiger partial charge in [-0.2, -0.15) is 13.2 Å². The Kier molecular flexibility index (Phi) is 4.57. The van der Waals surface area contributed by atoms with Crippen molar-refractivity contribution >= 4 is 5.91 Å². The predicted octanol–water partition coefficient (Wildman–Crippen LogP) is 2.41. The van der Waals surface area contributed by atoms with Gasteiger partial charge in [-0.05, 0) is 25.5 Å². The highest BCUT2D eigenvalue weighted by atomic mass is 19.4. The molecule has 0 atom stereocenters. The summed E-state index contributed by atoms with van der Waals surface area (Å²) in [7, 11) is 0. The fourth-order valence-electron chi connectivity index (χ4n) is 1.88. The first-order valence-corrected chi connectivity index (χ1v) is 5.86. The molecule has 1 amide bonds. The van der Waals surface area contributed by atoms with Crippen LogP contribution in [-0.2, 0) is 16.5 Å². The van der Waals surface area contributed by atoms with Crippen LogP contribution in [0, 0.1) is 0 Å². The van der Waals surface area contributed by atoms with E-state index >= 15 is 0 Å². The zero-order valence-electron chi connectivity index (χ0n) is 10.8. The lowest BCUT2D eigenvalue weighted by atomic mass is 9.89. The number of benzene rings is 1. The molecule has 0 aliphatic heterocycles. The molecule has 3 N–H and O–H groups in total. The second-order valence-electron chi connectivity index (χ2n) is 4.76. The van der Waals surface area contributed by atoms with Crippen molar-refractivity contribution in [1.82, 2.24) is 5.32 Å². The average molecular weight is 274 g/mol. The zero-order valence-corrected chi connectivity index (χ0v) is 10.8.